The van der Waals surface area contributed by atoms with Crippen LogP contribution in [0.1, 0.15) is 36.8 Å². The third-order valence-corrected chi connectivity index (χ3v) is 4.06. The standard InChI is InChI=1S/C14H20N2O4/c1-8-4-5-11(14(18)19)7-16(8)13(17)6-12-9(2)15-20-10(12)3/h8,11H,4-7H2,1-3H3,(H,18,19). The van der Waals surface area contributed by atoms with Crippen molar-refractivity contribution in [3.05, 3.63) is 17.0 Å². The first-order chi connectivity index (χ1) is 9.40. The van der Waals surface area contributed by atoms with Crippen LogP contribution in [0.2, 0.25) is 0 Å². The van der Waals surface area contributed by atoms with Crippen LogP contribution in [-0.2, 0) is 16.0 Å². The summed E-state index contributed by atoms with van der Waals surface area (Å²) >= 11 is 0. The minimum Gasteiger partial charge on any atom is -0.481 e. The van der Waals surface area contributed by atoms with Crippen molar-refractivity contribution in [2.75, 3.05) is 6.54 Å². The van der Waals surface area contributed by atoms with Gasteiger partial charge in [0.25, 0.3) is 0 Å². The highest BCUT2D eigenvalue weighted by Gasteiger charge is 2.32. The number of aliphatic carboxylic acids is 1. The van der Waals surface area contributed by atoms with Crippen molar-refractivity contribution in [1.29, 1.82) is 0 Å². The molecule has 0 saturated carbocycles. The number of amides is 1. The van der Waals surface area contributed by atoms with E-state index in [1.165, 1.54) is 0 Å². The minimum atomic E-state index is -0.827. The molecule has 1 aromatic rings. The molecule has 110 valence electrons. The van der Waals surface area contributed by atoms with E-state index in [-0.39, 0.29) is 18.4 Å². The second-order valence-electron chi connectivity index (χ2n) is 5.49. The maximum Gasteiger partial charge on any atom is 0.308 e. The molecular formula is C14H20N2O4. The third kappa shape index (κ3) is 2.84. The van der Waals surface area contributed by atoms with Gasteiger partial charge in [0.2, 0.25) is 5.91 Å². The maximum atomic E-state index is 12.4. The lowest BCUT2D eigenvalue weighted by Gasteiger charge is -2.36. The van der Waals surface area contributed by atoms with Gasteiger partial charge in [-0.25, -0.2) is 0 Å². The molecule has 1 amide bonds. The fourth-order valence-corrected chi connectivity index (χ4v) is 2.66. The van der Waals surface area contributed by atoms with E-state index in [9.17, 15) is 9.59 Å². The summed E-state index contributed by atoms with van der Waals surface area (Å²) in [6, 6.07) is 0.0820. The van der Waals surface area contributed by atoms with Crippen molar-refractivity contribution in [3.8, 4) is 0 Å². The highest BCUT2D eigenvalue weighted by atomic mass is 16.5. The average Bonchev–Trinajstić information content (AvgIpc) is 2.70. The number of piperidine rings is 1. The van der Waals surface area contributed by atoms with Gasteiger partial charge in [-0.2, -0.15) is 0 Å². The predicted molar refractivity (Wildman–Crippen MR) is 71.2 cm³/mol. The monoisotopic (exact) mass is 280 g/mol. The summed E-state index contributed by atoms with van der Waals surface area (Å²) in [5.41, 5.74) is 1.52. The summed E-state index contributed by atoms with van der Waals surface area (Å²) in [5, 5.41) is 12.9. The fourth-order valence-electron chi connectivity index (χ4n) is 2.66. The number of hydrogen-bond donors (Lipinski definition) is 1. The zero-order valence-corrected chi connectivity index (χ0v) is 12.0. The van der Waals surface area contributed by atoms with Crippen molar-refractivity contribution in [2.24, 2.45) is 5.92 Å². The molecule has 1 aliphatic heterocycles. The van der Waals surface area contributed by atoms with Crippen LogP contribution in [0.15, 0.2) is 4.52 Å². The van der Waals surface area contributed by atoms with Crippen molar-refractivity contribution < 1.29 is 19.2 Å². The summed E-state index contributed by atoms with van der Waals surface area (Å²) < 4.78 is 5.05. The largest absolute Gasteiger partial charge is 0.481 e. The first kappa shape index (κ1) is 14.6. The van der Waals surface area contributed by atoms with Gasteiger partial charge in [-0.15, -0.1) is 0 Å². The number of carboxylic acid groups (broad SMARTS) is 1. The van der Waals surface area contributed by atoms with E-state index < -0.39 is 11.9 Å². The van der Waals surface area contributed by atoms with Gasteiger partial charge in [0.1, 0.15) is 5.76 Å². The van der Waals surface area contributed by atoms with Crippen LogP contribution in [0.3, 0.4) is 0 Å². The molecule has 1 fully saturated rings. The van der Waals surface area contributed by atoms with E-state index in [1.807, 2.05) is 6.92 Å². The van der Waals surface area contributed by atoms with Crippen LogP contribution in [0.5, 0.6) is 0 Å². The van der Waals surface area contributed by atoms with Gasteiger partial charge in [0.15, 0.2) is 0 Å². The Hall–Kier alpha value is -1.85. The van der Waals surface area contributed by atoms with Gasteiger partial charge in [0.05, 0.1) is 18.0 Å². The molecule has 1 aliphatic rings. The van der Waals surface area contributed by atoms with E-state index in [0.29, 0.717) is 18.7 Å². The highest BCUT2D eigenvalue weighted by molar-refractivity contribution is 5.80. The number of hydrogen-bond acceptors (Lipinski definition) is 4. The molecule has 1 saturated heterocycles. The zero-order valence-electron chi connectivity index (χ0n) is 12.0. The molecule has 6 nitrogen and oxygen atoms in total. The van der Waals surface area contributed by atoms with Gasteiger partial charge in [-0.05, 0) is 33.6 Å². The molecule has 2 atom stereocenters. The third-order valence-electron chi connectivity index (χ3n) is 4.06. The Morgan fingerprint density at radius 1 is 1.40 bits per heavy atom. The Bertz CT molecular complexity index is 504. The Labute approximate surface area is 117 Å². The van der Waals surface area contributed by atoms with Crippen molar-refractivity contribution in [3.63, 3.8) is 0 Å². The molecule has 1 N–H and O–H groups in total. The van der Waals surface area contributed by atoms with E-state index >= 15 is 0 Å². The number of nitrogens with zero attached hydrogens (tertiary/aromatic N) is 2. The normalized spacial score (nSPS) is 22.9. The van der Waals surface area contributed by atoms with Crippen molar-refractivity contribution in [2.45, 2.75) is 46.1 Å². The second kappa shape index (κ2) is 5.64. The van der Waals surface area contributed by atoms with Gasteiger partial charge in [-0.1, -0.05) is 5.16 Å². The summed E-state index contributed by atoms with van der Waals surface area (Å²) in [6.45, 7) is 5.84. The molecule has 0 radical (unpaired) electrons. The number of aromatic nitrogens is 1. The second-order valence-corrected chi connectivity index (χ2v) is 5.49. The molecule has 0 bridgehead atoms. The Morgan fingerprint density at radius 2 is 2.10 bits per heavy atom. The topological polar surface area (TPSA) is 83.6 Å². The SMILES string of the molecule is Cc1noc(C)c1CC(=O)N1CC(C(=O)O)CCC1C. The Morgan fingerprint density at radius 3 is 2.65 bits per heavy atom. The fraction of sp³-hybridized carbons (Fsp3) is 0.643. The Kier molecular flexibility index (Phi) is 4.11. The lowest BCUT2D eigenvalue weighted by Crippen LogP contribution is -2.48. The molecule has 0 aromatic carbocycles. The minimum absolute atomic E-state index is 0.0575. The Balaban J connectivity index is 2.09. The molecular weight excluding hydrogens is 260 g/mol. The smallest absolute Gasteiger partial charge is 0.308 e. The summed E-state index contributed by atoms with van der Waals surface area (Å²) in [7, 11) is 0. The van der Waals surface area contributed by atoms with Crippen LogP contribution in [0.4, 0.5) is 0 Å². The van der Waals surface area contributed by atoms with Crippen LogP contribution >= 0.6 is 0 Å². The quantitative estimate of drug-likeness (QED) is 0.908. The van der Waals surface area contributed by atoms with Crippen LogP contribution in [0.25, 0.3) is 0 Å². The lowest BCUT2D eigenvalue weighted by molar-refractivity contribution is -0.147. The molecule has 2 rings (SSSR count). The van der Waals surface area contributed by atoms with E-state index in [1.54, 1.807) is 18.7 Å². The van der Waals surface area contributed by atoms with E-state index in [0.717, 1.165) is 17.7 Å². The van der Waals surface area contributed by atoms with Gasteiger partial charge < -0.3 is 14.5 Å². The summed E-state index contributed by atoms with van der Waals surface area (Å²) in [4.78, 5) is 25.2. The van der Waals surface area contributed by atoms with Gasteiger partial charge >= 0.3 is 5.97 Å². The molecule has 0 spiro atoms. The molecule has 1 aromatic heterocycles. The summed E-state index contributed by atoms with van der Waals surface area (Å²) in [5.74, 6) is -0.694. The molecule has 2 unspecified atom stereocenters. The number of aryl methyl sites for hydroxylation is 2. The average molecular weight is 280 g/mol. The van der Waals surface area contributed by atoms with Gasteiger partial charge in [-0.3, -0.25) is 9.59 Å². The predicted octanol–water partition coefficient (Wildman–Crippen LogP) is 1.55. The number of carbonyl (C=O) groups is 2. The number of carboxylic acids is 1. The van der Waals surface area contributed by atoms with Crippen LogP contribution in [-0.4, -0.2) is 39.6 Å². The maximum absolute atomic E-state index is 12.4. The van der Waals surface area contributed by atoms with E-state index in [4.69, 9.17) is 9.63 Å². The van der Waals surface area contributed by atoms with Crippen molar-refractivity contribution in [1.82, 2.24) is 10.1 Å². The first-order valence-electron chi connectivity index (χ1n) is 6.84. The van der Waals surface area contributed by atoms with E-state index in [2.05, 4.69) is 5.16 Å². The van der Waals surface area contributed by atoms with Crippen molar-refractivity contribution >= 4 is 11.9 Å². The van der Waals surface area contributed by atoms with Crippen LogP contribution in [0, 0.1) is 19.8 Å². The molecule has 0 aliphatic carbocycles. The number of carbonyl (C=O) groups excluding carboxylic acids is 1. The number of rotatable bonds is 3. The van der Waals surface area contributed by atoms with Gasteiger partial charge in [0, 0.05) is 18.2 Å². The lowest BCUT2D eigenvalue weighted by atomic mass is 9.93. The number of likely N-dealkylation sites (tertiary alicyclic amines) is 1. The molecule has 20 heavy (non-hydrogen) atoms. The molecule has 2 heterocycles. The molecule has 6 heteroatoms. The highest BCUT2D eigenvalue weighted by Crippen LogP contribution is 2.24. The first-order valence-corrected chi connectivity index (χ1v) is 6.84. The summed E-state index contributed by atoms with van der Waals surface area (Å²) in [6.07, 6.45) is 1.58. The zero-order chi connectivity index (χ0) is 14.9. The van der Waals surface area contributed by atoms with Crippen LogP contribution < -0.4 is 0 Å².